The zero-order valence-electron chi connectivity index (χ0n) is 12.6. The van der Waals surface area contributed by atoms with Gasteiger partial charge < -0.3 is 4.74 Å². The zero-order valence-corrected chi connectivity index (χ0v) is 12.6. The Labute approximate surface area is 135 Å². The van der Waals surface area contributed by atoms with Gasteiger partial charge in [-0.3, -0.25) is 4.79 Å². The Morgan fingerprint density at radius 3 is 1.83 bits per heavy atom. The number of carbonyl (C=O) groups excluding carboxylic acids is 1. The van der Waals surface area contributed by atoms with E-state index in [0.717, 1.165) is 22.4 Å². The Balaban J connectivity index is 1.96. The van der Waals surface area contributed by atoms with E-state index in [0.29, 0.717) is 6.42 Å². The molecule has 3 aromatic carbocycles. The maximum Gasteiger partial charge on any atom is 0.217 e. The van der Waals surface area contributed by atoms with Crippen LogP contribution in [0.15, 0.2) is 84.9 Å². The highest BCUT2D eigenvalue weighted by Gasteiger charge is 2.47. The summed E-state index contributed by atoms with van der Waals surface area (Å²) < 4.78 is 6.35. The molecular weight excluding hydrogens is 284 g/mol. The van der Waals surface area contributed by atoms with Gasteiger partial charge in [-0.05, 0) is 6.07 Å². The fourth-order valence-electron chi connectivity index (χ4n) is 3.22. The summed E-state index contributed by atoms with van der Waals surface area (Å²) in [6.45, 7) is 0. The van der Waals surface area contributed by atoms with Crippen LogP contribution < -0.4 is 4.74 Å². The minimum Gasteiger partial charge on any atom is -0.470 e. The molecule has 0 saturated carbocycles. The molecule has 0 radical (unpaired) electrons. The van der Waals surface area contributed by atoms with Crippen molar-refractivity contribution in [3.63, 3.8) is 0 Å². The third-order valence-electron chi connectivity index (χ3n) is 4.34. The largest absolute Gasteiger partial charge is 0.470 e. The third-order valence-corrected chi connectivity index (χ3v) is 4.34. The Morgan fingerprint density at radius 2 is 1.22 bits per heavy atom. The Kier molecular flexibility index (Phi) is 3.23. The number of para-hydroxylation sites is 1. The van der Waals surface area contributed by atoms with E-state index in [1.165, 1.54) is 0 Å². The van der Waals surface area contributed by atoms with E-state index in [4.69, 9.17) is 4.74 Å². The van der Waals surface area contributed by atoms with E-state index >= 15 is 0 Å². The van der Waals surface area contributed by atoms with Crippen molar-refractivity contribution in [2.45, 2.75) is 12.0 Å². The molecule has 2 heteroatoms. The first-order chi connectivity index (χ1) is 11.3. The third kappa shape index (κ3) is 2.15. The van der Waals surface area contributed by atoms with E-state index in [1.54, 1.807) is 0 Å². The molecule has 0 unspecified atom stereocenters. The van der Waals surface area contributed by atoms with Gasteiger partial charge in [0.1, 0.15) is 5.75 Å². The molecule has 112 valence electrons. The van der Waals surface area contributed by atoms with Gasteiger partial charge in [0.15, 0.2) is 5.78 Å². The standard InChI is InChI=1S/C21H16O2/c22-20-15-16-9-7-8-14-19(16)23-21(20,17-10-3-1-4-11-17)18-12-5-2-6-13-18/h1-14H,15H2. The molecule has 3 aromatic rings. The van der Waals surface area contributed by atoms with Crippen LogP contribution in [0.4, 0.5) is 0 Å². The van der Waals surface area contributed by atoms with Gasteiger partial charge in [0, 0.05) is 23.1 Å². The molecule has 0 spiro atoms. The van der Waals surface area contributed by atoms with Gasteiger partial charge in [-0.2, -0.15) is 0 Å². The summed E-state index contributed by atoms with van der Waals surface area (Å²) in [5, 5.41) is 0. The van der Waals surface area contributed by atoms with Crippen molar-refractivity contribution in [1.29, 1.82) is 0 Å². The maximum absolute atomic E-state index is 13.2. The van der Waals surface area contributed by atoms with Crippen molar-refractivity contribution >= 4 is 5.78 Å². The zero-order chi connectivity index (χ0) is 15.7. The SMILES string of the molecule is O=C1Cc2ccccc2OC1(c1ccccc1)c1ccccc1. The summed E-state index contributed by atoms with van der Waals surface area (Å²) in [4.78, 5) is 13.2. The molecule has 0 amide bonds. The van der Waals surface area contributed by atoms with E-state index < -0.39 is 5.60 Å². The lowest BCUT2D eigenvalue weighted by Crippen LogP contribution is -2.46. The molecule has 0 atom stereocenters. The molecule has 0 bridgehead atoms. The summed E-state index contributed by atoms with van der Waals surface area (Å²) in [5.74, 6) is 0.841. The van der Waals surface area contributed by atoms with Crippen molar-refractivity contribution in [1.82, 2.24) is 0 Å². The average Bonchev–Trinajstić information content (AvgIpc) is 2.62. The first-order valence-electron chi connectivity index (χ1n) is 7.72. The fourth-order valence-corrected chi connectivity index (χ4v) is 3.22. The molecule has 0 fully saturated rings. The molecular formula is C21H16O2. The van der Waals surface area contributed by atoms with Crippen molar-refractivity contribution in [3.8, 4) is 5.75 Å². The lowest BCUT2D eigenvalue weighted by Gasteiger charge is -2.38. The van der Waals surface area contributed by atoms with Crippen LogP contribution in [-0.4, -0.2) is 5.78 Å². The predicted octanol–water partition coefficient (Wildman–Crippen LogP) is 4.13. The average molecular weight is 300 g/mol. The highest BCUT2D eigenvalue weighted by Crippen LogP contribution is 2.41. The molecule has 23 heavy (non-hydrogen) atoms. The van der Waals surface area contributed by atoms with Crippen LogP contribution in [0.1, 0.15) is 16.7 Å². The topological polar surface area (TPSA) is 26.3 Å². The van der Waals surface area contributed by atoms with Crippen molar-refractivity contribution < 1.29 is 9.53 Å². The number of fused-ring (bicyclic) bond motifs is 1. The summed E-state index contributed by atoms with van der Waals surface area (Å²) in [7, 11) is 0. The van der Waals surface area contributed by atoms with Crippen LogP contribution >= 0.6 is 0 Å². The van der Waals surface area contributed by atoms with Crippen molar-refractivity contribution in [2.24, 2.45) is 0 Å². The minimum absolute atomic E-state index is 0.0635. The number of benzene rings is 3. The molecule has 1 aliphatic heterocycles. The second-order valence-electron chi connectivity index (χ2n) is 5.72. The van der Waals surface area contributed by atoms with Gasteiger partial charge in [-0.25, -0.2) is 0 Å². The quantitative estimate of drug-likeness (QED) is 0.711. The Hall–Kier alpha value is -2.87. The lowest BCUT2D eigenvalue weighted by molar-refractivity contribution is -0.133. The van der Waals surface area contributed by atoms with Crippen LogP contribution in [0.3, 0.4) is 0 Å². The van der Waals surface area contributed by atoms with Crippen LogP contribution in [0, 0.1) is 0 Å². The second-order valence-corrected chi connectivity index (χ2v) is 5.72. The number of ether oxygens (including phenoxy) is 1. The van der Waals surface area contributed by atoms with Crippen LogP contribution in [0.2, 0.25) is 0 Å². The molecule has 0 aliphatic carbocycles. The second kappa shape index (κ2) is 5.40. The summed E-state index contributed by atoms with van der Waals surface area (Å²) in [5.41, 5.74) is 1.60. The molecule has 0 saturated heterocycles. The monoisotopic (exact) mass is 300 g/mol. The number of hydrogen-bond acceptors (Lipinski definition) is 2. The van der Waals surface area contributed by atoms with E-state index in [9.17, 15) is 4.79 Å². The van der Waals surface area contributed by atoms with E-state index in [2.05, 4.69) is 0 Å². The Morgan fingerprint density at radius 1 is 0.696 bits per heavy atom. The predicted molar refractivity (Wildman–Crippen MR) is 89.4 cm³/mol. The molecule has 4 rings (SSSR count). The van der Waals surface area contributed by atoms with Crippen LogP contribution in [0.25, 0.3) is 0 Å². The number of ketones is 1. The molecule has 0 N–H and O–H groups in total. The summed E-state index contributed by atoms with van der Waals surface area (Å²) >= 11 is 0. The van der Waals surface area contributed by atoms with Gasteiger partial charge in [-0.1, -0.05) is 78.9 Å². The van der Waals surface area contributed by atoms with Gasteiger partial charge in [0.2, 0.25) is 5.60 Å². The highest BCUT2D eigenvalue weighted by atomic mass is 16.5. The Bertz CT molecular complexity index is 798. The summed E-state index contributed by atoms with van der Waals surface area (Å²) in [6, 6.07) is 27.3. The van der Waals surface area contributed by atoms with Gasteiger partial charge in [-0.15, -0.1) is 0 Å². The maximum atomic E-state index is 13.2. The van der Waals surface area contributed by atoms with Crippen LogP contribution in [0.5, 0.6) is 5.75 Å². The molecule has 0 aromatic heterocycles. The van der Waals surface area contributed by atoms with Crippen LogP contribution in [-0.2, 0) is 16.8 Å². The van der Waals surface area contributed by atoms with Gasteiger partial charge in [0.25, 0.3) is 0 Å². The number of Topliss-reactive ketones (excluding diaryl/α,β-unsaturated/α-hetero) is 1. The first kappa shape index (κ1) is 13.8. The highest BCUT2D eigenvalue weighted by molar-refractivity contribution is 5.95. The molecule has 1 aliphatic rings. The number of rotatable bonds is 2. The van der Waals surface area contributed by atoms with Gasteiger partial charge >= 0.3 is 0 Å². The van der Waals surface area contributed by atoms with Crippen molar-refractivity contribution in [3.05, 3.63) is 102 Å². The normalized spacial score (nSPS) is 15.6. The van der Waals surface area contributed by atoms with Crippen molar-refractivity contribution in [2.75, 3.05) is 0 Å². The van der Waals surface area contributed by atoms with Gasteiger partial charge in [0.05, 0.1) is 0 Å². The number of hydrogen-bond donors (Lipinski definition) is 0. The lowest BCUT2D eigenvalue weighted by atomic mass is 9.78. The fraction of sp³-hybridized carbons (Fsp3) is 0.0952. The first-order valence-corrected chi connectivity index (χ1v) is 7.72. The summed E-state index contributed by atoms with van der Waals surface area (Å²) in [6.07, 6.45) is 0.375. The van der Waals surface area contributed by atoms with E-state index in [-0.39, 0.29) is 5.78 Å². The molecule has 1 heterocycles. The number of carbonyl (C=O) groups is 1. The molecule has 2 nitrogen and oxygen atoms in total. The minimum atomic E-state index is -1.07. The van der Waals surface area contributed by atoms with E-state index in [1.807, 2.05) is 84.9 Å². The smallest absolute Gasteiger partial charge is 0.217 e.